The van der Waals surface area contributed by atoms with Crippen LogP contribution in [0.5, 0.6) is 0 Å². The molecule has 2 N–H and O–H groups in total. The van der Waals surface area contributed by atoms with Gasteiger partial charge in [-0.3, -0.25) is 0 Å². The Hall–Kier alpha value is -1.29. The number of aliphatic hydroxyl groups is 1. The molecule has 14 heavy (non-hydrogen) atoms. The van der Waals surface area contributed by atoms with Gasteiger partial charge in [0.2, 0.25) is 5.60 Å². The van der Waals surface area contributed by atoms with E-state index in [1.54, 1.807) is 19.9 Å². The molecule has 1 aromatic heterocycles. The number of carbonyl (C=O) groups is 1. The van der Waals surface area contributed by atoms with Crippen LogP contribution in [0.2, 0.25) is 0 Å². The fraction of sp³-hybridized carbons (Fsp3) is 0.500. The summed E-state index contributed by atoms with van der Waals surface area (Å²) in [4.78, 5) is 11.0. The number of carboxylic acid groups (broad SMARTS) is 1. The van der Waals surface area contributed by atoms with Crippen LogP contribution in [0, 0.1) is 12.8 Å². The molecule has 0 amide bonds. The molecule has 0 bridgehead atoms. The van der Waals surface area contributed by atoms with Crippen LogP contribution >= 0.6 is 0 Å². The van der Waals surface area contributed by atoms with Gasteiger partial charge in [0.25, 0.3) is 0 Å². The van der Waals surface area contributed by atoms with Crippen LogP contribution in [0.25, 0.3) is 0 Å². The molecule has 1 heterocycles. The van der Waals surface area contributed by atoms with Crippen LogP contribution in [-0.4, -0.2) is 16.2 Å². The van der Waals surface area contributed by atoms with Crippen LogP contribution in [0.4, 0.5) is 0 Å². The third kappa shape index (κ3) is 0.944. The van der Waals surface area contributed by atoms with Gasteiger partial charge in [-0.25, -0.2) is 4.79 Å². The monoisotopic (exact) mass is 196 g/mol. The van der Waals surface area contributed by atoms with E-state index < -0.39 is 11.6 Å². The number of hydrogen-bond acceptors (Lipinski definition) is 3. The van der Waals surface area contributed by atoms with E-state index in [2.05, 4.69) is 0 Å². The highest BCUT2D eigenvalue weighted by Gasteiger charge is 2.52. The predicted molar refractivity (Wildman–Crippen MR) is 47.8 cm³/mol. The van der Waals surface area contributed by atoms with Crippen molar-refractivity contribution >= 4 is 5.97 Å². The van der Waals surface area contributed by atoms with Crippen molar-refractivity contribution in [3.8, 4) is 0 Å². The van der Waals surface area contributed by atoms with Crippen molar-refractivity contribution in [1.29, 1.82) is 0 Å². The average Bonchev–Trinajstić information content (AvgIpc) is 2.53. The Labute approximate surface area is 81.2 Å². The molecular weight excluding hydrogens is 184 g/mol. The zero-order valence-corrected chi connectivity index (χ0v) is 8.07. The topological polar surface area (TPSA) is 70.7 Å². The van der Waals surface area contributed by atoms with Gasteiger partial charge in [-0.15, -0.1) is 0 Å². The molecule has 2 rings (SSSR count). The Kier molecular flexibility index (Phi) is 1.72. The van der Waals surface area contributed by atoms with Crippen molar-refractivity contribution in [2.24, 2.45) is 5.92 Å². The van der Waals surface area contributed by atoms with Crippen LogP contribution in [0.3, 0.4) is 0 Å². The predicted octanol–water partition coefficient (Wildman–Crippen LogP) is 1.05. The van der Waals surface area contributed by atoms with Crippen molar-refractivity contribution in [2.75, 3.05) is 0 Å². The van der Waals surface area contributed by atoms with Gasteiger partial charge in [-0.05, 0) is 25.0 Å². The Bertz CT molecular complexity index is 393. The molecule has 4 nitrogen and oxygen atoms in total. The van der Waals surface area contributed by atoms with E-state index in [0.29, 0.717) is 12.2 Å². The van der Waals surface area contributed by atoms with Crippen molar-refractivity contribution in [2.45, 2.75) is 25.9 Å². The highest BCUT2D eigenvalue weighted by molar-refractivity contribution is 5.80. The van der Waals surface area contributed by atoms with Gasteiger partial charge >= 0.3 is 5.97 Å². The molecule has 0 saturated carbocycles. The van der Waals surface area contributed by atoms with E-state index in [0.717, 1.165) is 5.56 Å². The van der Waals surface area contributed by atoms with Crippen LogP contribution in [-0.2, 0) is 16.8 Å². The number of aryl methyl sites for hydroxylation is 1. The highest BCUT2D eigenvalue weighted by Crippen LogP contribution is 2.42. The van der Waals surface area contributed by atoms with Crippen molar-refractivity contribution in [3.63, 3.8) is 0 Å². The van der Waals surface area contributed by atoms with Crippen molar-refractivity contribution in [1.82, 2.24) is 0 Å². The SMILES string of the molecule is Cc1cc2c(o1)C(O)(C(=O)O)C(C)C2. The maximum atomic E-state index is 11.0. The maximum absolute atomic E-state index is 11.0. The molecule has 1 aliphatic rings. The van der Waals surface area contributed by atoms with Gasteiger partial charge < -0.3 is 14.6 Å². The number of hydrogen-bond donors (Lipinski definition) is 2. The lowest BCUT2D eigenvalue weighted by Crippen LogP contribution is -2.38. The molecule has 0 aromatic carbocycles. The van der Waals surface area contributed by atoms with E-state index in [1.165, 1.54) is 0 Å². The Morgan fingerprint density at radius 1 is 1.71 bits per heavy atom. The van der Waals surface area contributed by atoms with Gasteiger partial charge in [0.1, 0.15) is 5.76 Å². The molecule has 0 saturated heterocycles. The molecule has 1 aromatic rings. The normalized spacial score (nSPS) is 30.4. The summed E-state index contributed by atoms with van der Waals surface area (Å²) in [6.45, 7) is 3.45. The number of furan rings is 1. The highest BCUT2D eigenvalue weighted by atomic mass is 16.4. The van der Waals surface area contributed by atoms with Gasteiger partial charge in [0, 0.05) is 5.92 Å². The summed E-state index contributed by atoms with van der Waals surface area (Å²) >= 11 is 0. The lowest BCUT2D eigenvalue weighted by atomic mass is 9.92. The molecule has 4 heteroatoms. The first-order valence-electron chi connectivity index (χ1n) is 4.51. The van der Waals surface area contributed by atoms with Crippen molar-refractivity contribution in [3.05, 3.63) is 23.2 Å². The maximum Gasteiger partial charge on any atom is 0.344 e. The first kappa shape index (κ1) is 9.27. The third-order valence-corrected chi connectivity index (χ3v) is 2.84. The van der Waals surface area contributed by atoms with Crippen LogP contribution in [0.1, 0.15) is 24.0 Å². The summed E-state index contributed by atoms with van der Waals surface area (Å²) in [6, 6.07) is 1.78. The first-order chi connectivity index (χ1) is 6.46. The molecule has 0 spiro atoms. The van der Waals surface area contributed by atoms with Crippen LogP contribution < -0.4 is 0 Å². The lowest BCUT2D eigenvalue weighted by molar-refractivity contribution is -0.166. The number of carboxylic acids is 1. The van der Waals surface area contributed by atoms with E-state index in [1.807, 2.05) is 0 Å². The van der Waals surface area contributed by atoms with Gasteiger partial charge in [-0.1, -0.05) is 6.92 Å². The zero-order chi connectivity index (χ0) is 10.5. The molecule has 0 radical (unpaired) electrons. The second-order valence-corrected chi connectivity index (χ2v) is 3.89. The largest absolute Gasteiger partial charge is 0.479 e. The van der Waals surface area contributed by atoms with E-state index in [-0.39, 0.29) is 11.7 Å². The smallest absolute Gasteiger partial charge is 0.344 e. The Morgan fingerprint density at radius 3 is 2.93 bits per heavy atom. The Morgan fingerprint density at radius 2 is 2.36 bits per heavy atom. The number of aliphatic carboxylic acids is 1. The average molecular weight is 196 g/mol. The van der Waals surface area contributed by atoms with E-state index in [4.69, 9.17) is 9.52 Å². The second kappa shape index (κ2) is 2.60. The van der Waals surface area contributed by atoms with Crippen LogP contribution in [0.15, 0.2) is 10.5 Å². The lowest BCUT2D eigenvalue weighted by Gasteiger charge is -2.21. The van der Waals surface area contributed by atoms with Gasteiger partial charge in [0.15, 0.2) is 5.76 Å². The third-order valence-electron chi connectivity index (χ3n) is 2.84. The minimum Gasteiger partial charge on any atom is -0.479 e. The molecule has 1 aliphatic carbocycles. The van der Waals surface area contributed by atoms with Gasteiger partial charge in [-0.2, -0.15) is 0 Å². The minimum absolute atomic E-state index is 0.204. The summed E-state index contributed by atoms with van der Waals surface area (Å²) < 4.78 is 5.24. The van der Waals surface area contributed by atoms with E-state index >= 15 is 0 Å². The molecule has 0 fully saturated rings. The Balaban J connectivity index is 2.57. The molecule has 2 atom stereocenters. The zero-order valence-electron chi connectivity index (χ0n) is 8.07. The van der Waals surface area contributed by atoms with Gasteiger partial charge in [0.05, 0.1) is 0 Å². The molecule has 2 unspecified atom stereocenters. The minimum atomic E-state index is -1.84. The fourth-order valence-electron chi connectivity index (χ4n) is 2.05. The molecular formula is C10H12O4. The molecule has 76 valence electrons. The summed E-state index contributed by atoms with van der Waals surface area (Å²) in [7, 11) is 0. The first-order valence-corrected chi connectivity index (χ1v) is 4.51. The summed E-state index contributed by atoms with van der Waals surface area (Å²) in [5.74, 6) is -0.732. The summed E-state index contributed by atoms with van der Waals surface area (Å²) in [6.07, 6.45) is 0.551. The standard InChI is InChI=1S/C10H12O4/c1-5-3-7-4-6(2)14-8(7)10(5,13)9(11)12/h4-5,13H,3H2,1-2H3,(H,11,12). The summed E-state index contributed by atoms with van der Waals surface area (Å²) in [5, 5.41) is 19.0. The van der Waals surface area contributed by atoms with E-state index in [9.17, 15) is 9.90 Å². The second-order valence-electron chi connectivity index (χ2n) is 3.89. The number of fused-ring (bicyclic) bond motifs is 1. The number of rotatable bonds is 1. The van der Waals surface area contributed by atoms with Crippen molar-refractivity contribution < 1.29 is 19.4 Å². The summed E-state index contributed by atoms with van der Waals surface area (Å²) in [5.41, 5.74) is -1.04. The quantitative estimate of drug-likeness (QED) is 0.704. The molecule has 0 aliphatic heterocycles. The fourth-order valence-corrected chi connectivity index (χ4v) is 2.05.